The van der Waals surface area contributed by atoms with E-state index in [1.54, 1.807) is 13.0 Å². The Hall–Kier alpha value is -2.08. The van der Waals surface area contributed by atoms with Gasteiger partial charge in [-0.3, -0.25) is 4.79 Å². The van der Waals surface area contributed by atoms with Crippen molar-refractivity contribution in [2.45, 2.75) is 13.5 Å². The van der Waals surface area contributed by atoms with E-state index >= 15 is 0 Å². The van der Waals surface area contributed by atoms with E-state index in [9.17, 15) is 9.59 Å². The highest BCUT2D eigenvalue weighted by atomic mass is 16.5. The molecule has 104 valence electrons. The Labute approximate surface area is 112 Å². The van der Waals surface area contributed by atoms with Crippen LogP contribution in [0, 0.1) is 0 Å². The Balaban J connectivity index is 2.43. The van der Waals surface area contributed by atoms with Gasteiger partial charge in [-0.2, -0.15) is 0 Å². The van der Waals surface area contributed by atoms with Gasteiger partial charge in [0.05, 0.1) is 6.61 Å². The van der Waals surface area contributed by atoms with Crippen molar-refractivity contribution < 1.29 is 14.3 Å². The lowest BCUT2D eigenvalue weighted by Gasteiger charge is -2.08. The van der Waals surface area contributed by atoms with E-state index < -0.39 is 12.0 Å². The minimum Gasteiger partial charge on any atom is -0.465 e. The van der Waals surface area contributed by atoms with Crippen LogP contribution in [0.15, 0.2) is 24.3 Å². The highest BCUT2D eigenvalue weighted by Gasteiger charge is 2.06. The summed E-state index contributed by atoms with van der Waals surface area (Å²) in [7, 11) is 1.85. The molecule has 1 aromatic rings. The molecule has 3 N–H and O–H groups in total. The molecule has 0 aromatic heterocycles. The van der Waals surface area contributed by atoms with E-state index in [4.69, 9.17) is 4.74 Å². The van der Waals surface area contributed by atoms with Crippen LogP contribution < -0.4 is 16.0 Å². The van der Waals surface area contributed by atoms with Crippen molar-refractivity contribution in [3.8, 4) is 0 Å². The zero-order chi connectivity index (χ0) is 14.1. The minimum absolute atomic E-state index is 0.143. The van der Waals surface area contributed by atoms with Gasteiger partial charge in [-0.25, -0.2) is 4.79 Å². The van der Waals surface area contributed by atoms with Crippen molar-refractivity contribution in [1.82, 2.24) is 10.6 Å². The van der Waals surface area contributed by atoms with Crippen LogP contribution in [0.3, 0.4) is 0 Å². The fourth-order valence-corrected chi connectivity index (χ4v) is 1.50. The van der Waals surface area contributed by atoms with Crippen LogP contribution in [-0.2, 0) is 16.1 Å². The second kappa shape index (κ2) is 8.10. The lowest BCUT2D eigenvalue weighted by atomic mass is 10.2. The summed E-state index contributed by atoms with van der Waals surface area (Å²) >= 11 is 0. The smallest absolute Gasteiger partial charge is 0.325 e. The Morgan fingerprint density at radius 2 is 2.11 bits per heavy atom. The Morgan fingerprint density at radius 3 is 2.79 bits per heavy atom. The first-order chi connectivity index (χ1) is 9.15. The van der Waals surface area contributed by atoms with Crippen LogP contribution in [0.2, 0.25) is 0 Å². The average molecular weight is 265 g/mol. The second-order valence-electron chi connectivity index (χ2n) is 3.84. The number of rotatable bonds is 6. The summed E-state index contributed by atoms with van der Waals surface area (Å²) in [6.07, 6.45) is 0. The van der Waals surface area contributed by atoms with Crippen LogP contribution in [0.5, 0.6) is 0 Å². The van der Waals surface area contributed by atoms with Gasteiger partial charge >= 0.3 is 12.0 Å². The van der Waals surface area contributed by atoms with Crippen LogP contribution >= 0.6 is 0 Å². The van der Waals surface area contributed by atoms with Gasteiger partial charge in [0.15, 0.2) is 0 Å². The summed E-state index contributed by atoms with van der Waals surface area (Å²) in [6, 6.07) is 7.02. The summed E-state index contributed by atoms with van der Waals surface area (Å²) in [5, 5.41) is 8.11. The Bertz CT molecular complexity index is 435. The molecule has 0 fully saturated rings. The number of amides is 2. The third-order valence-corrected chi connectivity index (χ3v) is 2.26. The van der Waals surface area contributed by atoms with Crippen LogP contribution in [-0.4, -0.2) is 32.2 Å². The Morgan fingerprint density at radius 1 is 1.32 bits per heavy atom. The van der Waals surface area contributed by atoms with Crippen LogP contribution in [0.1, 0.15) is 12.5 Å². The molecule has 1 aromatic carbocycles. The summed E-state index contributed by atoms with van der Waals surface area (Å²) < 4.78 is 4.70. The summed E-state index contributed by atoms with van der Waals surface area (Å²) in [4.78, 5) is 22.6. The number of carbonyl (C=O) groups excluding carboxylic acids is 2. The number of anilines is 1. The van der Waals surface area contributed by atoms with Crippen molar-refractivity contribution in [2.75, 3.05) is 25.5 Å². The third-order valence-electron chi connectivity index (χ3n) is 2.26. The molecule has 0 aliphatic heterocycles. The van der Waals surface area contributed by atoms with E-state index in [1.807, 2.05) is 25.2 Å². The van der Waals surface area contributed by atoms with Crippen molar-refractivity contribution >= 4 is 17.7 Å². The molecule has 0 atom stereocenters. The number of nitrogens with one attached hydrogen (secondary N) is 3. The van der Waals surface area contributed by atoms with E-state index in [0.717, 1.165) is 12.1 Å². The number of benzene rings is 1. The van der Waals surface area contributed by atoms with Gasteiger partial charge in [-0.05, 0) is 31.7 Å². The zero-order valence-corrected chi connectivity index (χ0v) is 11.2. The molecule has 2 amide bonds. The highest BCUT2D eigenvalue weighted by molar-refractivity contribution is 5.91. The first kappa shape index (κ1) is 15.0. The van der Waals surface area contributed by atoms with Crippen molar-refractivity contribution in [2.24, 2.45) is 0 Å². The van der Waals surface area contributed by atoms with Crippen LogP contribution in [0.25, 0.3) is 0 Å². The van der Waals surface area contributed by atoms with Gasteiger partial charge in [-0.1, -0.05) is 12.1 Å². The topological polar surface area (TPSA) is 79.5 Å². The normalized spacial score (nSPS) is 9.79. The summed E-state index contributed by atoms with van der Waals surface area (Å²) in [6.45, 7) is 2.59. The van der Waals surface area contributed by atoms with Gasteiger partial charge in [0.2, 0.25) is 0 Å². The quantitative estimate of drug-likeness (QED) is 0.673. The standard InChI is InChI=1S/C13H19N3O3/c1-3-19-12(17)9-15-13(18)16-11-6-4-5-10(7-11)8-14-2/h4-7,14H,3,8-9H2,1-2H3,(H2,15,16,18). The van der Waals surface area contributed by atoms with Gasteiger partial charge in [0.1, 0.15) is 6.54 Å². The average Bonchev–Trinajstić information content (AvgIpc) is 2.38. The molecule has 19 heavy (non-hydrogen) atoms. The van der Waals surface area contributed by atoms with E-state index in [1.165, 1.54) is 0 Å². The number of urea groups is 1. The molecule has 0 saturated heterocycles. The predicted octanol–water partition coefficient (Wildman–Crippen LogP) is 1.09. The Kier molecular flexibility index (Phi) is 6.38. The molecule has 0 radical (unpaired) electrons. The van der Waals surface area contributed by atoms with E-state index in [0.29, 0.717) is 12.3 Å². The maximum atomic E-state index is 11.5. The van der Waals surface area contributed by atoms with Crippen LogP contribution in [0.4, 0.5) is 10.5 Å². The van der Waals surface area contributed by atoms with Crippen molar-refractivity contribution in [3.05, 3.63) is 29.8 Å². The molecule has 0 spiro atoms. The molecular weight excluding hydrogens is 246 g/mol. The van der Waals surface area contributed by atoms with E-state index in [-0.39, 0.29) is 6.54 Å². The van der Waals surface area contributed by atoms with Gasteiger partial charge in [0.25, 0.3) is 0 Å². The van der Waals surface area contributed by atoms with Gasteiger partial charge in [-0.15, -0.1) is 0 Å². The number of hydrogen-bond donors (Lipinski definition) is 3. The third kappa shape index (κ3) is 5.87. The summed E-state index contributed by atoms with van der Waals surface area (Å²) in [5.41, 5.74) is 1.74. The molecule has 6 heteroatoms. The molecule has 0 bridgehead atoms. The molecular formula is C13H19N3O3. The first-order valence-electron chi connectivity index (χ1n) is 6.09. The van der Waals surface area contributed by atoms with Gasteiger partial charge in [0, 0.05) is 12.2 Å². The number of esters is 1. The summed E-state index contributed by atoms with van der Waals surface area (Å²) in [5.74, 6) is -0.457. The maximum Gasteiger partial charge on any atom is 0.325 e. The molecule has 1 rings (SSSR count). The number of hydrogen-bond acceptors (Lipinski definition) is 4. The number of carbonyl (C=O) groups is 2. The minimum atomic E-state index is -0.457. The SMILES string of the molecule is CCOC(=O)CNC(=O)Nc1cccc(CNC)c1. The monoisotopic (exact) mass is 265 g/mol. The highest BCUT2D eigenvalue weighted by Crippen LogP contribution is 2.10. The maximum absolute atomic E-state index is 11.5. The lowest BCUT2D eigenvalue weighted by Crippen LogP contribution is -2.34. The number of ether oxygens (including phenoxy) is 1. The first-order valence-corrected chi connectivity index (χ1v) is 6.09. The van der Waals surface area contributed by atoms with Crippen molar-refractivity contribution in [3.63, 3.8) is 0 Å². The fourth-order valence-electron chi connectivity index (χ4n) is 1.50. The molecule has 0 aliphatic carbocycles. The lowest BCUT2D eigenvalue weighted by molar-refractivity contribution is -0.141. The van der Waals surface area contributed by atoms with Gasteiger partial charge < -0.3 is 20.7 Å². The molecule has 0 heterocycles. The van der Waals surface area contributed by atoms with Crippen molar-refractivity contribution in [1.29, 1.82) is 0 Å². The predicted molar refractivity (Wildman–Crippen MR) is 72.9 cm³/mol. The fraction of sp³-hybridized carbons (Fsp3) is 0.385. The second-order valence-corrected chi connectivity index (χ2v) is 3.84. The molecule has 0 saturated carbocycles. The molecule has 0 aliphatic rings. The van der Waals surface area contributed by atoms with E-state index in [2.05, 4.69) is 16.0 Å². The molecule has 0 unspecified atom stereocenters. The zero-order valence-electron chi connectivity index (χ0n) is 11.2. The molecule has 6 nitrogen and oxygen atoms in total. The largest absolute Gasteiger partial charge is 0.465 e.